The molecule has 1 aromatic rings. The molecule has 0 spiro atoms. The molecule has 1 saturated heterocycles. The van der Waals surface area contributed by atoms with Gasteiger partial charge in [-0.1, -0.05) is 0 Å². The lowest BCUT2D eigenvalue weighted by molar-refractivity contribution is 0.0948. The SMILES string of the molecule is Cc1ccsc1C(O)C1CCCNC1. The van der Waals surface area contributed by atoms with Gasteiger partial charge in [0.2, 0.25) is 0 Å². The Morgan fingerprint density at radius 1 is 1.64 bits per heavy atom. The first-order valence-electron chi connectivity index (χ1n) is 5.22. The number of rotatable bonds is 2. The highest BCUT2D eigenvalue weighted by Gasteiger charge is 2.24. The molecule has 1 fully saturated rings. The van der Waals surface area contributed by atoms with Crippen molar-refractivity contribution in [3.63, 3.8) is 0 Å². The van der Waals surface area contributed by atoms with Crippen LogP contribution in [0.15, 0.2) is 11.4 Å². The molecule has 2 rings (SSSR count). The number of hydrogen-bond donors (Lipinski definition) is 2. The third kappa shape index (κ3) is 2.00. The number of aliphatic hydroxyl groups excluding tert-OH is 1. The fourth-order valence-electron chi connectivity index (χ4n) is 2.05. The number of aliphatic hydroxyl groups is 1. The van der Waals surface area contributed by atoms with E-state index in [2.05, 4.69) is 23.7 Å². The standard InChI is InChI=1S/C11H17NOS/c1-8-4-6-14-11(8)10(13)9-3-2-5-12-7-9/h4,6,9-10,12-13H,2-3,5,7H2,1H3. The topological polar surface area (TPSA) is 32.3 Å². The quantitative estimate of drug-likeness (QED) is 0.785. The minimum Gasteiger partial charge on any atom is -0.387 e. The zero-order valence-corrected chi connectivity index (χ0v) is 9.31. The maximum atomic E-state index is 10.2. The summed E-state index contributed by atoms with van der Waals surface area (Å²) >= 11 is 1.67. The van der Waals surface area contributed by atoms with Crippen LogP contribution in [0, 0.1) is 12.8 Å². The molecule has 2 nitrogen and oxygen atoms in total. The van der Waals surface area contributed by atoms with Crippen molar-refractivity contribution in [3.05, 3.63) is 21.9 Å². The summed E-state index contributed by atoms with van der Waals surface area (Å²) in [5.41, 5.74) is 1.23. The molecule has 0 bridgehead atoms. The molecule has 1 aromatic heterocycles. The molecule has 2 unspecified atom stereocenters. The van der Waals surface area contributed by atoms with Crippen molar-refractivity contribution >= 4 is 11.3 Å². The van der Waals surface area contributed by atoms with Gasteiger partial charge in [-0.3, -0.25) is 0 Å². The highest BCUT2D eigenvalue weighted by molar-refractivity contribution is 7.10. The van der Waals surface area contributed by atoms with E-state index in [4.69, 9.17) is 0 Å². The van der Waals surface area contributed by atoms with E-state index < -0.39 is 0 Å². The van der Waals surface area contributed by atoms with Crippen molar-refractivity contribution in [2.24, 2.45) is 5.92 Å². The van der Waals surface area contributed by atoms with E-state index in [-0.39, 0.29) is 6.10 Å². The van der Waals surface area contributed by atoms with Crippen LogP contribution in [0.5, 0.6) is 0 Å². The molecule has 14 heavy (non-hydrogen) atoms. The van der Waals surface area contributed by atoms with Crippen molar-refractivity contribution in [2.75, 3.05) is 13.1 Å². The van der Waals surface area contributed by atoms with Crippen LogP contribution < -0.4 is 5.32 Å². The van der Waals surface area contributed by atoms with E-state index >= 15 is 0 Å². The number of thiophene rings is 1. The Balaban J connectivity index is 2.07. The molecule has 2 heterocycles. The van der Waals surface area contributed by atoms with Gasteiger partial charge in [0.05, 0.1) is 6.10 Å². The summed E-state index contributed by atoms with van der Waals surface area (Å²) in [6, 6.07) is 2.08. The summed E-state index contributed by atoms with van der Waals surface area (Å²) in [5, 5.41) is 15.6. The molecule has 78 valence electrons. The Kier molecular flexibility index (Phi) is 3.21. The Morgan fingerprint density at radius 2 is 2.50 bits per heavy atom. The van der Waals surface area contributed by atoms with E-state index in [1.807, 2.05) is 0 Å². The van der Waals surface area contributed by atoms with Gasteiger partial charge in [0.25, 0.3) is 0 Å². The molecule has 1 aliphatic rings. The summed E-state index contributed by atoms with van der Waals surface area (Å²) < 4.78 is 0. The molecular formula is C11H17NOS. The fraction of sp³-hybridized carbons (Fsp3) is 0.636. The van der Waals surface area contributed by atoms with Gasteiger partial charge in [0, 0.05) is 17.3 Å². The summed E-state index contributed by atoms with van der Waals surface area (Å²) in [6.45, 7) is 4.14. The van der Waals surface area contributed by atoms with Gasteiger partial charge >= 0.3 is 0 Å². The molecule has 1 aliphatic heterocycles. The molecule has 3 heteroatoms. The Bertz CT molecular complexity index is 291. The first-order valence-corrected chi connectivity index (χ1v) is 6.10. The van der Waals surface area contributed by atoms with Gasteiger partial charge in [-0.15, -0.1) is 11.3 Å². The van der Waals surface area contributed by atoms with Crippen LogP contribution in [0.2, 0.25) is 0 Å². The highest BCUT2D eigenvalue weighted by atomic mass is 32.1. The minimum absolute atomic E-state index is 0.261. The van der Waals surface area contributed by atoms with Gasteiger partial charge in [0.15, 0.2) is 0 Å². The average molecular weight is 211 g/mol. The molecule has 0 aromatic carbocycles. The lowest BCUT2D eigenvalue weighted by atomic mass is 9.92. The van der Waals surface area contributed by atoms with Crippen molar-refractivity contribution in [2.45, 2.75) is 25.9 Å². The summed E-state index contributed by atoms with van der Waals surface area (Å²) in [6.07, 6.45) is 2.07. The lowest BCUT2D eigenvalue weighted by Crippen LogP contribution is -2.33. The van der Waals surface area contributed by atoms with Crippen LogP contribution in [0.25, 0.3) is 0 Å². The van der Waals surface area contributed by atoms with E-state index in [0.717, 1.165) is 24.4 Å². The predicted octanol–water partition coefficient (Wildman–Crippen LogP) is 2.09. The smallest absolute Gasteiger partial charge is 0.0924 e. The van der Waals surface area contributed by atoms with E-state index in [0.29, 0.717) is 5.92 Å². The number of nitrogens with one attached hydrogen (secondary N) is 1. The number of piperidine rings is 1. The van der Waals surface area contributed by atoms with Gasteiger partial charge in [-0.05, 0) is 43.3 Å². The summed E-state index contributed by atoms with van der Waals surface area (Å²) in [4.78, 5) is 1.15. The third-order valence-corrected chi connectivity index (χ3v) is 4.04. The molecule has 0 radical (unpaired) electrons. The number of hydrogen-bond acceptors (Lipinski definition) is 3. The van der Waals surface area contributed by atoms with Gasteiger partial charge in [-0.2, -0.15) is 0 Å². The molecular weight excluding hydrogens is 194 g/mol. The van der Waals surface area contributed by atoms with Crippen LogP contribution in [0.4, 0.5) is 0 Å². The van der Waals surface area contributed by atoms with Gasteiger partial charge < -0.3 is 10.4 Å². The second-order valence-electron chi connectivity index (χ2n) is 4.02. The predicted molar refractivity (Wildman–Crippen MR) is 59.6 cm³/mol. The number of aryl methyl sites for hydroxylation is 1. The van der Waals surface area contributed by atoms with Crippen LogP contribution in [0.1, 0.15) is 29.4 Å². The van der Waals surface area contributed by atoms with E-state index in [1.54, 1.807) is 11.3 Å². The van der Waals surface area contributed by atoms with Crippen molar-refractivity contribution in [3.8, 4) is 0 Å². The van der Waals surface area contributed by atoms with Crippen molar-refractivity contribution in [1.29, 1.82) is 0 Å². The monoisotopic (exact) mass is 211 g/mol. The van der Waals surface area contributed by atoms with Crippen LogP contribution in [-0.2, 0) is 0 Å². The fourth-order valence-corrected chi connectivity index (χ4v) is 3.05. The normalized spacial score (nSPS) is 24.9. The van der Waals surface area contributed by atoms with Crippen molar-refractivity contribution < 1.29 is 5.11 Å². The zero-order valence-electron chi connectivity index (χ0n) is 8.49. The maximum Gasteiger partial charge on any atom is 0.0924 e. The minimum atomic E-state index is -0.261. The van der Waals surface area contributed by atoms with Gasteiger partial charge in [-0.25, -0.2) is 0 Å². The Morgan fingerprint density at radius 3 is 3.07 bits per heavy atom. The van der Waals surface area contributed by atoms with E-state index in [1.165, 1.54) is 12.0 Å². The van der Waals surface area contributed by atoms with Crippen LogP contribution >= 0.6 is 11.3 Å². The largest absolute Gasteiger partial charge is 0.387 e. The van der Waals surface area contributed by atoms with Crippen LogP contribution in [0.3, 0.4) is 0 Å². The average Bonchev–Trinajstić information content (AvgIpc) is 2.65. The van der Waals surface area contributed by atoms with E-state index in [9.17, 15) is 5.11 Å². The summed E-state index contributed by atoms with van der Waals surface area (Å²) in [7, 11) is 0. The second-order valence-corrected chi connectivity index (χ2v) is 4.97. The Hall–Kier alpha value is -0.380. The first kappa shape index (κ1) is 10.1. The van der Waals surface area contributed by atoms with Crippen molar-refractivity contribution in [1.82, 2.24) is 5.32 Å². The second kappa shape index (κ2) is 4.43. The Labute approximate surface area is 89.0 Å². The summed E-state index contributed by atoms with van der Waals surface area (Å²) in [5.74, 6) is 0.404. The molecule has 2 N–H and O–H groups in total. The lowest BCUT2D eigenvalue weighted by Gasteiger charge is -2.27. The highest BCUT2D eigenvalue weighted by Crippen LogP contribution is 2.32. The first-order chi connectivity index (χ1) is 6.79. The molecule has 0 aliphatic carbocycles. The molecule has 0 saturated carbocycles. The molecule has 2 atom stereocenters. The molecule has 0 amide bonds. The maximum absolute atomic E-state index is 10.2. The third-order valence-electron chi connectivity index (χ3n) is 2.95. The van der Waals surface area contributed by atoms with Crippen LogP contribution in [-0.4, -0.2) is 18.2 Å². The van der Waals surface area contributed by atoms with Gasteiger partial charge in [0.1, 0.15) is 0 Å². The zero-order chi connectivity index (χ0) is 9.97.